The van der Waals surface area contributed by atoms with E-state index in [-0.39, 0.29) is 24.3 Å². The van der Waals surface area contributed by atoms with Crippen LogP contribution in [0, 0.1) is 17.2 Å². The third-order valence-electron chi connectivity index (χ3n) is 6.21. The van der Waals surface area contributed by atoms with Crippen molar-refractivity contribution in [1.29, 1.82) is 5.26 Å². The summed E-state index contributed by atoms with van der Waals surface area (Å²) in [6.07, 6.45) is 6.35. The fraction of sp³-hybridized carbons (Fsp3) is 0.440. The van der Waals surface area contributed by atoms with Crippen LogP contribution in [-0.4, -0.2) is 52.5 Å². The molecule has 8 heteroatoms. The van der Waals surface area contributed by atoms with Gasteiger partial charge >= 0.3 is 0 Å². The van der Waals surface area contributed by atoms with Crippen molar-refractivity contribution < 1.29 is 14.7 Å². The van der Waals surface area contributed by atoms with Gasteiger partial charge in [-0.2, -0.15) is 5.26 Å². The molecule has 0 bridgehead atoms. The van der Waals surface area contributed by atoms with Crippen molar-refractivity contribution >= 4 is 18.2 Å². The van der Waals surface area contributed by atoms with Gasteiger partial charge in [-0.3, -0.25) is 14.5 Å². The molecule has 33 heavy (non-hydrogen) atoms. The lowest BCUT2D eigenvalue weighted by Crippen LogP contribution is -2.42. The summed E-state index contributed by atoms with van der Waals surface area (Å²) >= 11 is 0. The van der Waals surface area contributed by atoms with Gasteiger partial charge in [0.05, 0.1) is 11.6 Å². The monoisotopic (exact) mass is 449 g/mol. The van der Waals surface area contributed by atoms with Crippen LogP contribution in [0.2, 0.25) is 0 Å². The van der Waals surface area contributed by atoms with Crippen LogP contribution >= 0.6 is 0 Å². The van der Waals surface area contributed by atoms with E-state index >= 15 is 0 Å². The predicted molar refractivity (Wildman–Crippen MR) is 125 cm³/mol. The van der Waals surface area contributed by atoms with Gasteiger partial charge < -0.3 is 15.7 Å². The summed E-state index contributed by atoms with van der Waals surface area (Å²) in [5, 5.41) is 22.6. The molecule has 2 aliphatic rings. The van der Waals surface area contributed by atoms with Crippen LogP contribution in [0.3, 0.4) is 0 Å². The maximum absolute atomic E-state index is 12.8. The highest BCUT2D eigenvalue weighted by molar-refractivity contribution is 5.79. The van der Waals surface area contributed by atoms with E-state index in [1.165, 1.54) is 5.56 Å². The predicted octanol–water partition coefficient (Wildman–Crippen LogP) is 3.02. The molecule has 3 N–H and O–H groups in total. The number of rotatable bonds is 6. The highest BCUT2D eigenvalue weighted by Gasteiger charge is 2.30. The van der Waals surface area contributed by atoms with Crippen LogP contribution in [0.15, 0.2) is 48.7 Å². The minimum absolute atomic E-state index is 0.102. The van der Waals surface area contributed by atoms with Crippen LogP contribution in [0.5, 0.6) is 0 Å². The number of nitrogens with one attached hydrogen (secondary N) is 2. The second-order valence-corrected chi connectivity index (χ2v) is 8.55. The van der Waals surface area contributed by atoms with E-state index in [2.05, 4.69) is 50.9 Å². The minimum Gasteiger partial charge on any atom is -0.483 e. The number of nitrogens with zero attached hydrogens (tertiary/aromatic N) is 3. The van der Waals surface area contributed by atoms with E-state index in [0.717, 1.165) is 57.6 Å². The third kappa shape index (κ3) is 7.58. The second-order valence-electron chi connectivity index (χ2n) is 8.55. The zero-order valence-electron chi connectivity index (χ0n) is 18.7. The number of carbonyl (C=O) groups is 2. The topological polar surface area (TPSA) is 118 Å². The van der Waals surface area contributed by atoms with Crippen molar-refractivity contribution in [1.82, 2.24) is 15.2 Å². The molecule has 0 spiro atoms. The molecule has 1 atom stereocenters. The van der Waals surface area contributed by atoms with Crippen molar-refractivity contribution in [3.63, 3.8) is 0 Å². The fourth-order valence-corrected chi connectivity index (χ4v) is 4.54. The van der Waals surface area contributed by atoms with E-state index in [1.54, 1.807) is 18.3 Å². The Kier molecular flexibility index (Phi) is 9.21. The molecular weight excluding hydrogens is 418 g/mol. The number of aromatic nitrogens is 1. The molecule has 8 nitrogen and oxygen atoms in total. The average molecular weight is 450 g/mol. The zero-order chi connectivity index (χ0) is 23.5. The van der Waals surface area contributed by atoms with Crippen molar-refractivity contribution in [2.24, 2.45) is 5.92 Å². The summed E-state index contributed by atoms with van der Waals surface area (Å²) in [7, 11) is 0. The van der Waals surface area contributed by atoms with E-state index < -0.39 is 0 Å². The average Bonchev–Trinajstić information content (AvgIpc) is 3.27. The molecule has 1 saturated heterocycles. The highest BCUT2D eigenvalue weighted by atomic mass is 16.3. The first-order valence-corrected chi connectivity index (χ1v) is 11.4. The number of pyridine rings is 1. The van der Waals surface area contributed by atoms with E-state index in [9.17, 15) is 4.79 Å². The van der Waals surface area contributed by atoms with Gasteiger partial charge in [0.1, 0.15) is 5.82 Å². The van der Waals surface area contributed by atoms with Gasteiger partial charge in [-0.15, -0.1) is 0 Å². The minimum atomic E-state index is -0.250. The number of likely N-dealkylation sites (tertiary alicyclic amines) is 1. The zero-order valence-corrected chi connectivity index (χ0v) is 18.7. The Morgan fingerprint density at radius 3 is 2.58 bits per heavy atom. The molecule has 174 valence electrons. The van der Waals surface area contributed by atoms with E-state index in [4.69, 9.17) is 15.2 Å². The molecule has 2 heterocycles. The summed E-state index contributed by atoms with van der Waals surface area (Å²) in [6, 6.07) is 16.7. The van der Waals surface area contributed by atoms with E-state index in [0.29, 0.717) is 11.6 Å². The van der Waals surface area contributed by atoms with Crippen LogP contribution in [0.25, 0.3) is 0 Å². The fourth-order valence-electron chi connectivity index (χ4n) is 4.54. The maximum atomic E-state index is 12.8. The maximum Gasteiger partial charge on any atom is 0.290 e. The quantitative estimate of drug-likeness (QED) is 0.580. The van der Waals surface area contributed by atoms with Gasteiger partial charge in [0.15, 0.2) is 0 Å². The molecule has 1 saturated carbocycles. The second kappa shape index (κ2) is 12.6. The van der Waals surface area contributed by atoms with Gasteiger partial charge in [0, 0.05) is 43.8 Å². The summed E-state index contributed by atoms with van der Waals surface area (Å²) in [4.78, 5) is 27.8. The first-order valence-electron chi connectivity index (χ1n) is 11.4. The Morgan fingerprint density at radius 1 is 1.15 bits per heavy atom. The van der Waals surface area contributed by atoms with Crippen molar-refractivity contribution in [2.45, 2.75) is 50.7 Å². The number of hydrogen-bond acceptors (Lipinski definition) is 6. The number of carbonyl (C=O) groups excluding carboxylic acids is 1. The number of carboxylic acid groups (broad SMARTS) is 1. The Balaban J connectivity index is 0.000000968. The Hall–Kier alpha value is -3.44. The van der Waals surface area contributed by atoms with Crippen LogP contribution in [-0.2, 0) is 16.1 Å². The van der Waals surface area contributed by atoms with Crippen molar-refractivity contribution in [3.8, 4) is 6.07 Å². The van der Waals surface area contributed by atoms with Crippen molar-refractivity contribution in [3.05, 3.63) is 59.8 Å². The smallest absolute Gasteiger partial charge is 0.290 e. The number of nitriles is 1. The summed E-state index contributed by atoms with van der Waals surface area (Å²) in [5.41, 5.74) is 1.93. The lowest BCUT2D eigenvalue weighted by molar-refractivity contribution is -0.126. The van der Waals surface area contributed by atoms with E-state index in [1.807, 2.05) is 6.07 Å². The van der Waals surface area contributed by atoms with Gasteiger partial charge in [0.2, 0.25) is 5.91 Å². The molecular formula is C25H31N5O3. The normalized spacial score (nSPS) is 22.3. The standard InChI is InChI=1S/C24H29N5O.CH2O2/c25-15-19-10-12-26-23(14-19)27-21-8-6-20(7-9-21)24(30)28-22-11-13-29(17-22)16-18-4-2-1-3-5-18;2-1-3/h1-5,10,12,14,20-22H,6-9,11,13,16-17H2,(H,26,27)(H,28,30);1H,(H,2,3)/t20?,21?,22-;/m0./s1. The highest BCUT2D eigenvalue weighted by Crippen LogP contribution is 2.27. The van der Waals surface area contributed by atoms with Crippen molar-refractivity contribution in [2.75, 3.05) is 18.4 Å². The molecule has 1 amide bonds. The van der Waals surface area contributed by atoms with Crippen LogP contribution < -0.4 is 10.6 Å². The summed E-state index contributed by atoms with van der Waals surface area (Å²) in [6.45, 7) is 2.66. The molecule has 0 radical (unpaired) electrons. The van der Waals surface area contributed by atoms with Gasteiger partial charge in [-0.25, -0.2) is 4.98 Å². The Labute approximate surface area is 194 Å². The molecule has 1 aromatic heterocycles. The summed E-state index contributed by atoms with van der Waals surface area (Å²) < 4.78 is 0. The Morgan fingerprint density at radius 2 is 1.88 bits per heavy atom. The SMILES string of the molecule is N#Cc1ccnc(NC2CCC(C(=O)N[C@H]3CCN(Cc4ccccc4)C3)CC2)c1.O=CO. The molecule has 1 aromatic carbocycles. The first kappa shape index (κ1) is 24.2. The molecule has 1 aliphatic heterocycles. The third-order valence-corrected chi connectivity index (χ3v) is 6.21. The number of anilines is 1. The molecule has 0 unspecified atom stereocenters. The number of hydrogen-bond donors (Lipinski definition) is 3. The van der Waals surface area contributed by atoms with Gasteiger partial charge in [-0.05, 0) is 49.8 Å². The largest absolute Gasteiger partial charge is 0.483 e. The lowest BCUT2D eigenvalue weighted by Gasteiger charge is -2.29. The van der Waals surface area contributed by atoms with Crippen LogP contribution in [0.1, 0.15) is 43.2 Å². The number of amides is 1. The molecule has 2 fully saturated rings. The molecule has 2 aromatic rings. The molecule has 1 aliphatic carbocycles. The summed E-state index contributed by atoms with van der Waals surface area (Å²) in [5.74, 6) is 1.06. The molecule has 4 rings (SSSR count). The van der Waals surface area contributed by atoms with Crippen LogP contribution in [0.4, 0.5) is 5.82 Å². The lowest BCUT2D eigenvalue weighted by atomic mass is 9.85. The van der Waals surface area contributed by atoms with Gasteiger partial charge in [-0.1, -0.05) is 30.3 Å². The number of benzene rings is 1. The first-order chi connectivity index (χ1) is 16.1. The van der Waals surface area contributed by atoms with Gasteiger partial charge in [0.25, 0.3) is 6.47 Å². The Bertz CT molecular complexity index is 939.